The zero-order chi connectivity index (χ0) is 39.7. The smallest absolute Gasteiger partial charge is 0.224 e. The summed E-state index contributed by atoms with van der Waals surface area (Å²) in [4.78, 5) is 14.7. The third-order valence-corrected chi connectivity index (χ3v) is 8.67. The topological polar surface area (TPSA) is 49.2 Å². The zero-order valence-corrected chi connectivity index (χ0v) is 36.7. The van der Waals surface area contributed by atoms with E-state index in [1.54, 1.807) is 6.08 Å². The van der Waals surface area contributed by atoms with Crippen molar-refractivity contribution in [3.05, 3.63) is 67.0 Å². The molecule has 2 aliphatic carbocycles. The minimum absolute atomic E-state index is 0.547. The summed E-state index contributed by atoms with van der Waals surface area (Å²) in [5.41, 5.74) is 5.02. The summed E-state index contributed by atoms with van der Waals surface area (Å²) in [6, 6.07) is 9.77. The highest BCUT2D eigenvalue weighted by Gasteiger charge is 2.23. The molecule has 6 rings (SSSR count). The van der Waals surface area contributed by atoms with E-state index in [0.29, 0.717) is 6.04 Å². The normalized spacial score (nSPS) is 15.3. The van der Waals surface area contributed by atoms with Crippen molar-refractivity contribution in [3.63, 3.8) is 0 Å². The van der Waals surface area contributed by atoms with Gasteiger partial charge >= 0.3 is 0 Å². The van der Waals surface area contributed by atoms with Crippen LogP contribution in [0.3, 0.4) is 0 Å². The summed E-state index contributed by atoms with van der Waals surface area (Å²) < 4.78 is 2.47. The number of anilines is 1. The fraction of sp³-hybridized carbons (Fsp3) is 0.652. The number of likely N-dealkylation sites (N-methyl/N-ethyl adjacent to an activating group) is 1. The molecule has 0 amide bonds. The van der Waals surface area contributed by atoms with Crippen LogP contribution in [0.5, 0.6) is 0 Å². The minimum Gasteiger partial charge on any atom is -0.354 e. The maximum absolute atomic E-state index is 5.04. The molecule has 3 aliphatic rings. The second kappa shape index (κ2) is 33.8. The highest BCUT2D eigenvalue weighted by molar-refractivity contribution is 5.94. The average Bonchev–Trinajstić information content (AvgIpc) is 3.99. The zero-order valence-electron chi connectivity index (χ0n) is 36.7. The molecular weight excluding hydrogens is 637 g/mol. The average molecular weight is 721 g/mol. The number of nitrogens with one attached hydrogen (secondary N) is 1. The van der Waals surface area contributed by atoms with E-state index in [0.717, 1.165) is 56.8 Å². The number of piperazine rings is 1. The Bertz CT molecular complexity index is 1240. The van der Waals surface area contributed by atoms with Crippen molar-refractivity contribution in [2.45, 2.75) is 154 Å². The van der Waals surface area contributed by atoms with E-state index in [-0.39, 0.29) is 0 Å². The molecule has 1 aromatic carbocycles. The highest BCUT2D eigenvalue weighted by Crippen LogP contribution is 2.37. The van der Waals surface area contributed by atoms with Gasteiger partial charge in [-0.3, -0.25) is 4.90 Å². The van der Waals surface area contributed by atoms with Gasteiger partial charge in [0, 0.05) is 68.7 Å². The Hall–Kier alpha value is -2.96. The first-order valence-corrected chi connectivity index (χ1v) is 21.5. The predicted molar refractivity (Wildman–Crippen MR) is 237 cm³/mol. The predicted octanol–water partition coefficient (Wildman–Crippen LogP) is 13.5. The molecule has 0 atom stereocenters. The number of hydrogen-bond donors (Lipinski definition) is 1. The van der Waals surface area contributed by atoms with Gasteiger partial charge < -0.3 is 14.8 Å². The van der Waals surface area contributed by atoms with Crippen molar-refractivity contribution >= 4 is 17.0 Å². The van der Waals surface area contributed by atoms with Crippen molar-refractivity contribution < 1.29 is 0 Å². The molecule has 1 N–H and O–H groups in total. The number of rotatable bonds is 9. The van der Waals surface area contributed by atoms with E-state index in [1.165, 1.54) is 73.4 Å². The number of aromatic nitrogens is 3. The van der Waals surface area contributed by atoms with Gasteiger partial charge in [-0.15, -0.1) is 0 Å². The molecule has 3 aromatic rings. The third kappa shape index (κ3) is 18.7. The lowest BCUT2D eigenvalue weighted by Crippen LogP contribution is -2.43. The second-order valence-electron chi connectivity index (χ2n) is 11.9. The van der Waals surface area contributed by atoms with Crippen LogP contribution < -0.4 is 5.32 Å². The molecule has 6 heteroatoms. The summed E-state index contributed by atoms with van der Waals surface area (Å²) in [7, 11) is 2.22. The maximum atomic E-state index is 5.04. The molecule has 2 saturated carbocycles. The molecular formula is C46H84N6. The van der Waals surface area contributed by atoms with Crippen LogP contribution in [-0.4, -0.2) is 64.1 Å². The SMILES string of the molecule is C=C/C=C/C.CC.CC.CC.CC.CC.CC.CN1CCN(Cc2ccc(-c3cn(C4CCCCC4)c4nc(NCCC5CC5)ncc34)cc2)CC1. The van der Waals surface area contributed by atoms with Gasteiger partial charge in [-0.1, -0.05) is 164 Å². The van der Waals surface area contributed by atoms with Crippen LogP contribution in [0.25, 0.3) is 22.2 Å². The minimum atomic E-state index is 0.547. The van der Waals surface area contributed by atoms with Crippen LogP contribution in [0.15, 0.2) is 61.5 Å². The quantitative estimate of drug-likeness (QED) is 0.223. The van der Waals surface area contributed by atoms with Gasteiger partial charge in [0.05, 0.1) is 0 Å². The third-order valence-electron chi connectivity index (χ3n) is 8.67. The van der Waals surface area contributed by atoms with E-state index < -0.39 is 0 Å². The highest BCUT2D eigenvalue weighted by atomic mass is 15.2. The summed E-state index contributed by atoms with van der Waals surface area (Å²) in [6.07, 6.45) is 20.5. The Morgan fingerprint density at radius 2 is 1.37 bits per heavy atom. The largest absolute Gasteiger partial charge is 0.354 e. The molecule has 0 unspecified atom stereocenters. The van der Waals surface area contributed by atoms with Gasteiger partial charge in [-0.25, -0.2) is 4.98 Å². The molecule has 0 bridgehead atoms. The van der Waals surface area contributed by atoms with Crippen molar-refractivity contribution in [1.82, 2.24) is 24.3 Å². The van der Waals surface area contributed by atoms with Gasteiger partial charge in [0.25, 0.3) is 0 Å². The van der Waals surface area contributed by atoms with Crippen LogP contribution in [0.2, 0.25) is 0 Å². The van der Waals surface area contributed by atoms with E-state index in [2.05, 4.69) is 70.0 Å². The van der Waals surface area contributed by atoms with Gasteiger partial charge in [0.1, 0.15) is 5.65 Å². The van der Waals surface area contributed by atoms with Crippen molar-refractivity contribution in [2.75, 3.05) is 45.1 Å². The number of hydrogen-bond acceptors (Lipinski definition) is 5. The lowest BCUT2D eigenvalue weighted by atomic mass is 9.95. The standard InChI is InChI=1S/C29H40N6.C5H8.6C2H6/c1-33-15-17-34(18-16-33)20-23-9-11-24(12-10-23)27-21-35(25-5-3-2-4-6-25)28-26(27)19-31-29(32-28)30-14-13-22-7-8-22;1-3-5-4-2;6*1-2/h9-12,19,21-22,25H,2-8,13-18,20H2,1H3,(H,30,31,32);3-5H,1H2,2H3;6*1-2H3/b;5-4+;;;;;;. The van der Waals surface area contributed by atoms with Gasteiger partial charge in [0.2, 0.25) is 5.95 Å². The van der Waals surface area contributed by atoms with E-state index in [9.17, 15) is 0 Å². The Morgan fingerprint density at radius 1 is 0.788 bits per heavy atom. The van der Waals surface area contributed by atoms with Gasteiger partial charge in [-0.2, -0.15) is 4.98 Å². The lowest BCUT2D eigenvalue weighted by Gasteiger charge is -2.32. The summed E-state index contributed by atoms with van der Waals surface area (Å²) >= 11 is 0. The van der Waals surface area contributed by atoms with Crippen molar-refractivity contribution in [1.29, 1.82) is 0 Å². The fourth-order valence-corrected chi connectivity index (χ4v) is 5.97. The molecule has 1 aliphatic heterocycles. The van der Waals surface area contributed by atoms with Crippen LogP contribution in [0.4, 0.5) is 5.95 Å². The van der Waals surface area contributed by atoms with Crippen molar-refractivity contribution in [3.8, 4) is 11.1 Å². The number of fused-ring (bicyclic) bond motifs is 1. The first-order valence-electron chi connectivity index (χ1n) is 21.5. The van der Waals surface area contributed by atoms with E-state index in [4.69, 9.17) is 9.97 Å². The molecule has 52 heavy (non-hydrogen) atoms. The van der Waals surface area contributed by atoms with E-state index in [1.807, 2.05) is 102 Å². The van der Waals surface area contributed by atoms with Crippen molar-refractivity contribution in [2.24, 2.45) is 5.92 Å². The first-order chi connectivity index (χ1) is 25.6. The molecule has 298 valence electrons. The van der Waals surface area contributed by atoms with Crippen LogP contribution >= 0.6 is 0 Å². The van der Waals surface area contributed by atoms with Crippen LogP contribution in [0, 0.1) is 5.92 Å². The number of benzene rings is 1. The Morgan fingerprint density at radius 3 is 1.87 bits per heavy atom. The summed E-state index contributed by atoms with van der Waals surface area (Å²) in [5.74, 6) is 1.70. The van der Waals surface area contributed by atoms with Gasteiger partial charge in [0.15, 0.2) is 0 Å². The Labute approximate surface area is 323 Å². The molecule has 3 heterocycles. The molecule has 0 radical (unpaired) electrons. The molecule has 1 saturated heterocycles. The lowest BCUT2D eigenvalue weighted by molar-refractivity contribution is 0.148. The maximum Gasteiger partial charge on any atom is 0.224 e. The van der Waals surface area contributed by atoms with E-state index >= 15 is 0 Å². The number of allylic oxidation sites excluding steroid dienone is 3. The number of nitrogens with zero attached hydrogens (tertiary/aromatic N) is 5. The summed E-state index contributed by atoms with van der Waals surface area (Å²) in [6.45, 7) is 36.1. The fourth-order valence-electron chi connectivity index (χ4n) is 5.97. The monoisotopic (exact) mass is 721 g/mol. The molecule has 0 spiro atoms. The summed E-state index contributed by atoms with van der Waals surface area (Å²) in [5, 5.41) is 4.67. The molecule has 6 nitrogen and oxygen atoms in total. The van der Waals surface area contributed by atoms with Crippen LogP contribution in [-0.2, 0) is 6.54 Å². The first kappa shape index (κ1) is 51.1. The van der Waals surface area contributed by atoms with Crippen LogP contribution in [0.1, 0.15) is 153 Å². The van der Waals surface area contributed by atoms with Gasteiger partial charge in [-0.05, 0) is 50.3 Å². The Kier molecular flexibility index (Phi) is 33.3. The molecule has 2 aromatic heterocycles. The molecule has 3 fully saturated rings. The Balaban J connectivity index is 0. The second-order valence-corrected chi connectivity index (χ2v) is 11.9.